The van der Waals surface area contributed by atoms with Crippen molar-refractivity contribution in [1.29, 1.82) is 0 Å². The molecule has 2 bridgehead atoms. The van der Waals surface area contributed by atoms with Crippen molar-refractivity contribution >= 4 is 27.3 Å². The SMILES string of the molecule is C[C@H]1[C@H](c2cc3c(C(N)=O)csc3cn2)C2CCN1CC2. The van der Waals surface area contributed by atoms with E-state index in [4.69, 9.17) is 10.7 Å². The van der Waals surface area contributed by atoms with Crippen LogP contribution in [0.3, 0.4) is 0 Å². The summed E-state index contributed by atoms with van der Waals surface area (Å²) in [7, 11) is 0. The van der Waals surface area contributed by atoms with Gasteiger partial charge < -0.3 is 5.73 Å². The number of primary amides is 1. The summed E-state index contributed by atoms with van der Waals surface area (Å²) in [5.74, 6) is 0.864. The molecule has 2 N–H and O–H groups in total. The maximum Gasteiger partial charge on any atom is 0.250 e. The second-order valence-corrected chi connectivity index (χ2v) is 7.17. The van der Waals surface area contributed by atoms with E-state index in [2.05, 4.69) is 17.9 Å². The lowest BCUT2D eigenvalue weighted by atomic mass is 9.72. The number of hydrogen-bond donors (Lipinski definition) is 1. The zero-order valence-electron chi connectivity index (χ0n) is 12.1. The van der Waals surface area contributed by atoms with Crippen LogP contribution in [-0.4, -0.2) is 34.9 Å². The predicted molar refractivity (Wildman–Crippen MR) is 84.6 cm³/mol. The average Bonchev–Trinajstić information content (AvgIpc) is 2.91. The van der Waals surface area contributed by atoms with Gasteiger partial charge >= 0.3 is 0 Å². The molecular weight excluding hydrogens is 282 g/mol. The van der Waals surface area contributed by atoms with Crippen LogP contribution in [0.4, 0.5) is 0 Å². The fraction of sp³-hybridized carbons (Fsp3) is 0.500. The fourth-order valence-electron chi connectivity index (χ4n) is 4.12. The topological polar surface area (TPSA) is 59.2 Å². The Kier molecular flexibility index (Phi) is 3.01. The Bertz CT molecular complexity index is 701. The molecule has 0 aromatic carbocycles. The van der Waals surface area contributed by atoms with E-state index < -0.39 is 0 Å². The van der Waals surface area contributed by atoms with E-state index >= 15 is 0 Å². The van der Waals surface area contributed by atoms with Gasteiger partial charge in [0.1, 0.15) is 0 Å². The summed E-state index contributed by atoms with van der Waals surface area (Å²) < 4.78 is 1.04. The number of aromatic nitrogens is 1. The Morgan fingerprint density at radius 1 is 1.43 bits per heavy atom. The molecular formula is C16H19N3OS. The van der Waals surface area contributed by atoms with Gasteiger partial charge in [0, 0.05) is 34.6 Å². The molecule has 0 aliphatic carbocycles. The molecule has 0 unspecified atom stereocenters. The third-order valence-electron chi connectivity index (χ3n) is 5.27. The minimum atomic E-state index is -0.347. The molecule has 0 radical (unpaired) electrons. The summed E-state index contributed by atoms with van der Waals surface area (Å²) in [5, 5.41) is 2.82. The number of thiophene rings is 1. The molecule has 5 heterocycles. The number of nitrogens with zero attached hydrogens (tertiary/aromatic N) is 2. The van der Waals surface area contributed by atoms with Crippen molar-refractivity contribution in [3.8, 4) is 0 Å². The van der Waals surface area contributed by atoms with Gasteiger partial charge in [-0.15, -0.1) is 11.3 Å². The third kappa shape index (κ3) is 1.99. The van der Waals surface area contributed by atoms with E-state index in [1.54, 1.807) is 11.3 Å². The lowest BCUT2D eigenvalue weighted by Crippen LogP contribution is -2.52. The minimum absolute atomic E-state index is 0.347. The number of carbonyl (C=O) groups is 1. The second-order valence-electron chi connectivity index (χ2n) is 6.26. The van der Waals surface area contributed by atoms with Crippen LogP contribution in [-0.2, 0) is 0 Å². The number of nitrogens with two attached hydrogens (primary N) is 1. The van der Waals surface area contributed by atoms with E-state index in [0.29, 0.717) is 17.5 Å². The van der Waals surface area contributed by atoms with Crippen molar-refractivity contribution in [3.05, 3.63) is 28.9 Å². The van der Waals surface area contributed by atoms with Gasteiger partial charge in [-0.25, -0.2) is 0 Å². The molecule has 110 valence electrons. The molecule has 0 saturated carbocycles. The third-order valence-corrected chi connectivity index (χ3v) is 6.20. The molecule has 3 aliphatic heterocycles. The van der Waals surface area contributed by atoms with E-state index in [0.717, 1.165) is 21.7 Å². The normalized spacial score (nSPS) is 31.7. The smallest absolute Gasteiger partial charge is 0.250 e. The number of rotatable bonds is 2. The summed E-state index contributed by atoms with van der Waals surface area (Å²) >= 11 is 1.54. The molecule has 3 fully saturated rings. The van der Waals surface area contributed by atoms with Crippen LogP contribution in [0.25, 0.3) is 10.1 Å². The van der Waals surface area contributed by atoms with Gasteiger partial charge in [-0.05, 0) is 44.8 Å². The summed E-state index contributed by atoms with van der Waals surface area (Å²) in [5.41, 5.74) is 7.24. The molecule has 21 heavy (non-hydrogen) atoms. The first kappa shape index (κ1) is 13.2. The molecule has 1 amide bonds. The second kappa shape index (κ2) is 4.78. The highest BCUT2D eigenvalue weighted by molar-refractivity contribution is 7.17. The quantitative estimate of drug-likeness (QED) is 0.927. The highest BCUT2D eigenvalue weighted by atomic mass is 32.1. The Morgan fingerprint density at radius 2 is 2.19 bits per heavy atom. The first-order chi connectivity index (χ1) is 10.1. The van der Waals surface area contributed by atoms with Gasteiger partial charge in [-0.3, -0.25) is 14.7 Å². The number of hydrogen-bond acceptors (Lipinski definition) is 4. The van der Waals surface area contributed by atoms with Crippen molar-refractivity contribution in [2.75, 3.05) is 13.1 Å². The van der Waals surface area contributed by atoms with Crippen molar-refractivity contribution < 1.29 is 4.79 Å². The predicted octanol–water partition coefficient (Wildman–Crippen LogP) is 2.59. The summed E-state index contributed by atoms with van der Waals surface area (Å²) in [4.78, 5) is 18.8. The number of pyridine rings is 1. The van der Waals surface area contributed by atoms with Crippen LogP contribution in [0.2, 0.25) is 0 Å². The van der Waals surface area contributed by atoms with Gasteiger partial charge in [0.15, 0.2) is 0 Å². The average molecular weight is 301 g/mol. The van der Waals surface area contributed by atoms with Gasteiger partial charge in [-0.2, -0.15) is 0 Å². The first-order valence-corrected chi connectivity index (χ1v) is 8.44. The molecule has 2 atom stereocenters. The molecule has 4 nitrogen and oxygen atoms in total. The Labute approximate surface area is 128 Å². The number of carbonyl (C=O) groups excluding carboxylic acids is 1. The number of amides is 1. The van der Waals surface area contributed by atoms with E-state index in [9.17, 15) is 4.79 Å². The number of fused-ring (bicyclic) bond motifs is 4. The molecule has 3 aliphatic rings. The van der Waals surface area contributed by atoms with E-state index in [-0.39, 0.29) is 5.91 Å². The van der Waals surface area contributed by atoms with Crippen LogP contribution in [0.1, 0.15) is 41.7 Å². The van der Waals surface area contributed by atoms with Gasteiger partial charge in [0.05, 0.1) is 10.3 Å². The molecule has 5 rings (SSSR count). The van der Waals surface area contributed by atoms with Crippen LogP contribution in [0.5, 0.6) is 0 Å². The van der Waals surface area contributed by atoms with Gasteiger partial charge in [0.25, 0.3) is 0 Å². The standard InChI is InChI=1S/C16H19N3OS/c1-9-15(10-2-4-19(9)5-3-10)13-6-11-12(16(17)20)8-21-14(11)7-18-13/h6-10,15H,2-5H2,1H3,(H2,17,20)/t9-,15-/m0/s1. The highest BCUT2D eigenvalue weighted by Crippen LogP contribution is 2.43. The van der Waals surface area contributed by atoms with Gasteiger partial charge in [-0.1, -0.05) is 0 Å². The molecule has 2 aromatic rings. The highest BCUT2D eigenvalue weighted by Gasteiger charge is 2.41. The molecule has 5 heteroatoms. The lowest BCUT2D eigenvalue weighted by molar-refractivity contribution is 0.0335. The molecule has 0 spiro atoms. The number of piperidine rings is 3. The first-order valence-electron chi connectivity index (χ1n) is 7.56. The zero-order valence-corrected chi connectivity index (χ0v) is 12.9. The summed E-state index contributed by atoms with van der Waals surface area (Å²) in [6.07, 6.45) is 4.44. The lowest BCUT2D eigenvalue weighted by Gasteiger charge is -2.49. The Morgan fingerprint density at radius 3 is 2.86 bits per heavy atom. The van der Waals surface area contributed by atoms with Crippen LogP contribution in [0, 0.1) is 5.92 Å². The monoisotopic (exact) mass is 301 g/mol. The Balaban J connectivity index is 1.79. The van der Waals surface area contributed by atoms with Crippen molar-refractivity contribution in [1.82, 2.24) is 9.88 Å². The fourth-order valence-corrected chi connectivity index (χ4v) is 5.02. The van der Waals surface area contributed by atoms with E-state index in [1.165, 1.54) is 25.9 Å². The molecule has 3 saturated heterocycles. The van der Waals surface area contributed by atoms with Crippen molar-refractivity contribution in [2.45, 2.75) is 31.7 Å². The zero-order chi connectivity index (χ0) is 14.6. The van der Waals surface area contributed by atoms with Crippen LogP contribution >= 0.6 is 11.3 Å². The van der Waals surface area contributed by atoms with Crippen molar-refractivity contribution in [2.24, 2.45) is 11.7 Å². The van der Waals surface area contributed by atoms with Gasteiger partial charge in [0.2, 0.25) is 5.91 Å². The van der Waals surface area contributed by atoms with E-state index in [1.807, 2.05) is 11.6 Å². The van der Waals surface area contributed by atoms with Crippen LogP contribution < -0.4 is 5.73 Å². The maximum atomic E-state index is 11.6. The summed E-state index contributed by atoms with van der Waals surface area (Å²) in [6.45, 7) is 4.75. The van der Waals surface area contributed by atoms with Crippen LogP contribution in [0.15, 0.2) is 17.6 Å². The largest absolute Gasteiger partial charge is 0.366 e. The minimum Gasteiger partial charge on any atom is -0.366 e. The van der Waals surface area contributed by atoms with Crippen molar-refractivity contribution in [3.63, 3.8) is 0 Å². The molecule has 2 aromatic heterocycles. The summed E-state index contributed by atoms with van der Waals surface area (Å²) in [6, 6.07) is 2.65. The maximum absolute atomic E-state index is 11.6. The Hall–Kier alpha value is -1.46.